The molecule has 1 heterocycles. The first-order chi connectivity index (χ1) is 7.88. The molecule has 0 spiro atoms. The number of carbonyl (C=O) groups excluding carboxylic acids is 2. The van der Waals surface area contributed by atoms with Gasteiger partial charge in [-0.05, 0) is 19.8 Å². The van der Waals surface area contributed by atoms with Crippen molar-refractivity contribution in [3.05, 3.63) is 0 Å². The van der Waals surface area contributed by atoms with Gasteiger partial charge in [0, 0.05) is 13.1 Å². The molecule has 6 N–H and O–H groups in total. The number of nitrogens with zero attached hydrogens (tertiary/aromatic N) is 1. The molecule has 1 rings (SSSR count). The van der Waals surface area contributed by atoms with Crippen molar-refractivity contribution in [1.82, 2.24) is 15.1 Å². The van der Waals surface area contributed by atoms with E-state index < -0.39 is 25.6 Å². The lowest BCUT2D eigenvalue weighted by atomic mass is 10.1. The van der Waals surface area contributed by atoms with Crippen LogP contribution in [-0.4, -0.2) is 35.7 Å². The fraction of sp³-hybridized carbons (Fsp3) is 0.750. The molecule has 1 unspecified atom stereocenters. The maximum atomic E-state index is 12.1. The molecule has 0 aliphatic carbocycles. The Kier molecular flexibility index (Phi) is 4.50. The number of urea groups is 1. The standard InChI is InChI=1S/C8H18N5O3P/c1-2-11-8(15)12-17(10,16)13-5-3-4-6(9)7(13)14/h6H,2-5,9H2,1H3,(H4,10,11,12,15,16)/t6-,17?/m0/s1. The van der Waals surface area contributed by atoms with Crippen LogP contribution in [0.4, 0.5) is 4.79 Å². The summed E-state index contributed by atoms with van der Waals surface area (Å²) in [6.07, 6.45) is 1.15. The molecule has 2 atom stereocenters. The summed E-state index contributed by atoms with van der Waals surface area (Å²) in [5, 5.41) is 4.51. The van der Waals surface area contributed by atoms with Crippen molar-refractivity contribution in [1.29, 1.82) is 0 Å². The molecule has 0 aromatic carbocycles. The Bertz CT molecular complexity index is 361. The first-order valence-corrected chi connectivity index (χ1v) is 7.13. The van der Waals surface area contributed by atoms with Crippen LogP contribution in [0.15, 0.2) is 0 Å². The second kappa shape index (κ2) is 5.48. The van der Waals surface area contributed by atoms with Gasteiger partial charge >= 0.3 is 13.6 Å². The largest absolute Gasteiger partial charge is 0.338 e. The molecule has 0 bridgehead atoms. The molecule has 17 heavy (non-hydrogen) atoms. The Labute approximate surface area is 99.6 Å². The van der Waals surface area contributed by atoms with E-state index in [0.29, 0.717) is 19.4 Å². The van der Waals surface area contributed by atoms with Crippen LogP contribution in [0.3, 0.4) is 0 Å². The van der Waals surface area contributed by atoms with Crippen LogP contribution in [0.2, 0.25) is 0 Å². The van der Waals surface area contributed by atoms with Gasteiger partial charge in [0.1, 0.15) is 0 Å². The van der Waals surface area contributed by atoms with Gasteiger partial charge in [0.15, 0.2) is 0 Å². The van der Waals surface area contributed by atoms with Gasteiger partial charge in [-0.1, -0.05) is 0 Å². The molecular weight excluding hydrogens is 245 g/mol. The molecule has 0 aromatic rings. The van der Waals surface area contributed by atoms with E-state index in [9.17, 15) is 14.2 Å². The molecule has 9 heteroatoms. The quantitative estimate of drug-likeness (QED) is 0.501. The highest BCUT2D eigenvalue weighted by atomic mass is 31.2. The first-order valence-electron chi connectivity index (χ1n) is 5.40. The van der Waals surface area contributed by atoms with Crippen molar-refractivity contribution in [2.75, 3.05) is 13.1 Å². The van der Waals surface area contributed by atoms with Gasteiger partial charge in [-0.15, -0.1) is 0 Å². The van der Waals surface area contributed by atoms with E-state index >= 15 is 0 Å². The SMILES string of the molecule is CCNC(=O)NP(N)(=O)N1CCC[C@H](N)C1=O. The Morgan fingerprint density at radius 3 is 2.88 bits per heavy atom. The summed E-state index contributed by atoms with van der Waals surface area (Å²) >= 11 is 0. The van der Waals surface area contributed by atoms with E-state index in [1.807, 2.05) is 0 Å². The zero-order valence-electron chi connectivity index (χ0n) is 9.68. The second-order valence-electron chi connectivity index (χ2n) is 3.80. The van der Waals surface area contributed by atoms with Crippen molar-refractivity contribution in [3.8, 4) is 0 Å². The van der Waals surface area contributed by atoms with Crippen LogP contribution >= 0.6 is 7.59 Å². The van der Waals surface area contributed by atoms with E-state index in [4.69, 9.17) is 11.2 Å². The van der Waals surface area contributed by atoms with Crippen LogP contribution in [0.25, 0.3) is 0 Å². The zero-order chi connectivity index (χ0) is 13.1. The van der Waals surface area contributed by atoms with Crippen LogP contribution in [0.1, 0.15) is 19.8 Å². The van der Waals surface area contributed by atoms with Crippen molar-refractivity contribution < 1.29 is 14.2 Å². The molecule has 0 radical (unpaired) electrons. The van der Waals surface area contributed by atoms with Crippen LogP contribution in [-0.2, 0) is 9.36 Å². The fourth-order valence-corrected chi connectivity index (χ4v) is 2.96. The minimum Gasteiger partial charge on any atom is -0.338 e. The van der Waals surface area contributed by atoms with Crippen LogP contribution in [0, 0.1) is 0 Å². The lowest BCUT2D eigenvalue weighted by Crippen LogP contribution is -2.51. The number of hydrogen-bond donors (Lipinski definition) is 4. The predicted octanol–water partition coefficient (Wildman–Crippen LogP) is -0.678. The molecule has 1 fully saturated rings. The number of piperidine rings is 1. The van der Waals surface area contributed by atoms with Crippen LogP contribution < -0.4 is 21.6 Å². The highest BCUT2D eigenvalue weighted by Gasteiger charge is 2.37. The third-order valence-electron chi connectivity index (χ3n) is 2.41. The molecule has 3 amide bonds. The Balaban J connectivity index is 2.72. The van der Waals surface area contributed by atoms with Gasteiger partial charge in [-0.2, -0.15) is 0 Å². The lowest BCUT2D eigenvalue weighted by Gasteiger charge is -2.34. The highest BCUT2D eigenvalue weighted by Crippen LogP contribution is 2.38. The topological polar surface area (TPSA) is 131 Å². The summed E-state index contributed by atoms with van der Waals surface area (Å²) in [6, 6.07) is -1.36. The Hall–Kier alpha value is -1.11. The maximum Gasteiger partial charge on any atom is 0.333 e. The Morgan fingerprint density at radius 1 is 1.65 bits per heavy atom. The average molecular weight is 263 g/mol. The molecule has 98 valence electrons. The summed E-state index contributed by atoms with van der Waals surface area (Å²) in [6.45, 7) is 2.33. The van der Waals surface area contributed by atoms with Gasteiger partial charge in [-0.25, -0.2) is 10.3 Å². The fourth-order valence-electron chi connectivity index (χ4n) is 1.59. The van der Waals surface area contributed by atoms with E-state index in [0.717, 1.165) is 4.67 Å². The average Bonchev–Trinajstić information content (AvgIpc) is 2.21. The van der Waals surface area contributed by atoms with Crippen LogP contribution in [0.5, 0.6) is 0 Å². The molecular formula is C8H18N5O3P. The minimum absolute atomic E-state index is 0.243. The van der Waals surface area contributed by atoms with E-state index in [1.165, 1.54) is 0 Å². The summed E-state index contributed by atoms with van der Waals surface area (Å²) < 4.78 is 13.0. The summed E-state index contributed by atoms with van der Waals surface area (Å²) in [7, 11) is -3.71. The van der Waals surface area contributed by atoms with Gasteiger partial charge in [-0.3, -0.25) is 19.1 Å². The third kappa shape index (κ3) is 3.42. The smallest absolute Gasteiger partial charge is 0.333 e. The van der Waals surface area contributed by atoms with Crippen molar-refractivity contribution in [2.24, 2.45) is 11.2 Å². The van der Waals surface area contributed by atoms with E-state index in [1.54, 1.807) is 6.92 Å². The summed E-state index contributed by atoms with van der Waals surface area (Å²) in [4.78, 5) is 22.9. The van der Waals surface area contributed by atoms with E-state index in [-0.39, 0.29) is 6.54 Å². The van der Waals surface area contributed by atoms with Crippen molar-refractivity contribution in [3.63, 3.8) is 0 Å². The predicted molar refractivity (Wildman–Crippen MR) is 62.9 cm³/mol. The summed E-state index contributed by atoms with van der Waals surface area (Å²) in [5.74, 6) is -0.487. The number of hydrogen-bond acceptors (Lipinski definition) is 4. The number of amides is 3. The Morgan fingerprint density at radius 2 is 2.29 bits per heavy atom. The third-order valence-corrected chi connectivity index (χ3v) is 4.05. The second-order valence-corrected chi connectivity index (χ2v) is 5.76. The van der Waals surface area contributed by atoms with E-state index in [2.05, 4.69) is 10.4 Å². The number of nitrogens with one attached hydrogen (secondary N) is 2. The van der Waals surface area contributed by atoms with Gasteiger partial charge in [0.25, 0.3) is 0 Å². The van der Waals surface area contributed by atoms with Gasteiger partial charge < -0.3 is 11.1 Å². The van der Waals surface area contributed by atoms with Crippen molar-refractivity contribution >= 4 is 19.5 Å². The zero-order valence-corrected chi connectivity index (χ0v) is 10.6. The molecule has 0 aromatic heterocycles. The normalized spacial score (nSPS) is 24.1. The molecule has 1 saturated heterocycles. The molecule has 1 aliphatic heterocycles. The first kappa shape index (κ1) is 14.0. The number of nitrogens with two attached hydrogens (primary N) is 2. The summed E-state index contributed by atoms with van der Waals surface area (Å²) in [5.41, 5.74) is 11.1. The van der Waals surface area contributed by atoms with Gasteiger partial charge in [0.2, 0.25) is 5.91 Å². The number of rotatable bonds is 3. The van der Waals surface area contributed by atoms with Gasteiger partial charge in [0.05, 0.1) is 6.04 Å². The molecule has 0 saturated carbocycles. The molecule has 8 nitrogen and oxygen atoms in total. The monoisotopic (exact) mass is 263 g/mol. The molecule has 1 aliphatic rings. The van der Waals surface area contributed by atoms with Crippen molar-refractivity contribution in [2.45, 2.75) is 25.8 Å². The number of carbonyl (C=O) groups is 2. The highest BCUT2D eigenvalue weighted by molar-refractivity contribution is 7.58. The minimum atomic E-state index is -3.71. The lowest BCUT2D eigenvalue weighted by molar-refractivity contribution is -0.129. The maximum absolute atomic E-state index is 12.1.